The van der Waals surface area contributed by atoms with Crippen LogP contribution in [-0.4, -0.2) is 28.4 Å². The number of methoxy groups -OCH3 is 1. The highest BCUT2D eigenvalue weighted by Crippen LogP contribution is 2.42. The second-order valence-corrected chi connectivity index (χ2v) is 8.28. The molecule has 1 aliphatic carbocycles. The molecule has 1 saturated carbocycles. The summed E-state index contributed by atoms with van der Waals surface area (Å²) in [5, 5.41) is 5.38. The SMILES string of the molecule is COc1cncc(-c2ccc(=O)n([C@H]3CC[C@](CN)(c4cccc(Cl)c4)CC3)n2)c1. The van der Waals surface area contributed by atoms with E-state index >= 15 is 0 Å². The van der Waals surface area contributed by atoms with Crippen molar-refractivity contribution in [3.05, 3.63) is 75.8 Å². The van der Waals surface area contributed by atoms with Gasteiger partial charge in [-0.15, -0.1) is 0 Å². The quantitative estimate of drug-likeness (QED) is 0.669. The Bertz CT molecular complexity index is 1090. The largest absolute Gasteiger partial charge is 0.495 e. The molecule has 7 heteroatoms. The van der Waals surface area contributed by atoms with E-state index in [1.165, 1.54) is 5.56 Å². The van der Waals surface area contributed by atoms with Crippen molar-refractivity contribution in [3.8, 4) is 17.0 Å². The van der Waals surface area contributed by atoms with Gasteiger partial charge in [-0.1, -0.05) is 23.7 Å². The molecule has 0 saturated heterocycles. The second kappa shape index (κ2) is 8.58. The Balaban J connectivity index is 1.59. The molecule has 156 valence electrons. The number of ether oxygens (including phenoxy) is 1. The Labute approximate surface area is 180 Å². The summed E-state index contributed by atoms with van der Waals surface area (Å²) in [6.07, 6.45) is 6.79. The molecule has 1 aliphatic rings. The van der Waals surface area contributed by atoms with Crippen LogP contribution < -0.4 is 16.0 Å². The molecule has 1 aromatic carbocycles. The number of aromatic nitrogens is 3. The van der Waals surface area contributed by atoms with Crippen molar-refractivity contribution >= 4 is 11.6 Å². The third kappa shape index (κ3) is 3.98. The van der Waals surface area contributed by atoms with Gasteiger partial charge in [0.25, 0.3) is 5.56 Å². The molecule has 2 heterocycles. The maximum atomic E-state index is 12.6. The van der Waals surface area contributed by atoms with Crippen molar-refractivity contribution in [2.75, 3.05) is 13.7 Å². The van der Waals surface area contributed by atoms with Gasteiger partial charge in [-0.2, -0.15) is 5.10 Å². The van der Waals surface area contributed by atoms with Crippen LogP contribution >= 0.6 is 11.6 Å². The van der Waals surface area contributed by atoms with Crippen LogP contribution in [0.25, 0.3) is 11.3 Å². The van der Waals surface area contributed by atoms with Gasteiger partial charge in [0, 0.05) is 34.8 Å². The van der Waals surface area contributed by atoms with Crippen LogP contribution in [0.4, 0.5) is 0 Å². The molecule has 0 spiro atoms. The van der Waals surface area contributed by atoms with Gasteiger partial charge in [0.1, 0.15) is 5.75 Å². The number of nitrogens with zero attached hydrogens (tertiary/aromatic N) is 3. The van der Waals surface area contributed by atoms with Crippen LogP contribution in [0.15, 0.2) is 59.7 Å². The molecule has 0 aliphatic heterocycles. The lowest BCUT2D eigenvalue weighted by Gasteiger charge is -2.40. The number of rotatable bonds is 5. The molecular formula is C23H25ClN4O2. The maximum Gasteiger partial charge on any atom is 0.267 e. The summed E-state index contributed by atoms with van der Waals surface area (Å²) < 4.78 is 6.87. The standard InChI is InChI=1S/C23H25ClN4O2/c1-30-20-11-16(13-26-14-20)21-5-6-22(29)28(27-21)19-7-9-23(15-25,10-8-19)17-3-2-4-18(24)12-17/h2-6,11-14,19H,7-10,15,25H2,1H3/t19-,23-. The molecule has 3 aromatic rings. The van der Waals surface area contributed by atoms with Gasteiger partial charge in [-0.25, -0.2) is 4.68 Å². The number of benzene rings is 1. The average molecular weight is 425 g/mol. The van der Waals surface area contributed by atoms with Crippen molar-refractivity contribution in [2.45, 2.75) is 37.1 Å². The molecular weight excluding hydrogens is 400 g/mol. The number of halogens is 1. The summed E-state index contributed by atoms with van der Waals surface area (Å²) in [6.45, 7) is 0.553. The first kappa shape index (κ1) is 20.6. The highest BCUT2D eigenvalue weighted by atomic mass is 35.5. The van der Waals surface area contributed by atoms with E-state index in [1.54, 1.807) is 36.3 Å². The Morgan fingerprint density at radius 1 is 1.20 bits per heavy atom. The molecule has 6 nitrogen and oxygen atoms in total. The number of hydrogen-bond acceptors (Lipinski definition) is 5. The minimum atomic E-state index is -0.112. The first-order valence-electron chi connectivity index (χ1n) is 10.1. The van der Waals surface area contributed by atoms with Crippen molar-refractivity contribution in [2.24, 2.45) is 5.73 Å². The predicted molar refractivity (Wildman–Crippen MR) is 118 cm³/mol. The third-order valence-electron chi connectivity index (χ3n) is 6.16. The zero-order valence-electron chi connectivity index (χ0n) is 16.9. The van der Waals surface area contributed by atoms with E-state index in [0.717, 1.165) is 36.3 Å². The Morgan fingerprint density at radius 3 is 2.70 bits per heavy atom. The lowest BCUT2D eigenvalue weighted by molar-refractivity contribution is 0.222. The van der Waals surface area contributed by atoms with Crippen LogP contribution in [-0.2, 0) is 5.41 Å². The highest BCUT2D eigenvalue weighted by Gasteiger charge is 2.37. The molecule has 0 atom stereocenters. The van der Waals surface area contributed by atoms with Crippen molar-refractivity contribution in [3.63, 3.8) is 0 Å². The van der Waals surface area contributed by atoms with E-state index in [4.69, 9.17) is 22.1 Å². The molecule has 4 rings (SSSR count). The number of hydrogen-bond donors (Lipinski definition) is 1. The highest BCUT2D eigenvalue weighted by molar-refractivity contribution is 6.30. The summed E-state index contributed by atoms with van der Waals surface area (Å²) in [5.41, 5.74) is 8.70. The first-order valence-corrected chi connectivity index (χ1v) is 10.5. The van der Waals surface area contributed by atoms with Gasteiger partial charge in [-0.05, 0) is 55.5 Å². The molecule has 30 heavy (non-hydrogen) atoms. The summed E-state index contributed by atoms with van der Waals surface area (Å²) >= 11 is 6.22. The molecule has 0 unspecified atom stereocenters. The predicted octanol–water partition coefficient (Wildman–Crippen LogP) is 3.98. The zero-order valence-corrected chi connectivity index (χ0v) is 17.7. The van der Waals surface area contributed by atoms with Crippen LogP contribution in [0, 0.1) is 0 Å². The fraction of sp³-hybridized carbons (Fsp3) is 0.348. The Kier molecular flexibility index (Phi) is 5.88. The van der Waals surface area contributed by atoms with E-state index in [9.17, 15) is 4.79 Å². The minimum absolute atomic E-state index is 0.0369. The van der Waals surface area contributed by atoms with Crippen LogP contribution in [0.3, 0.4) is 0 Å². The van der Waals surface area contributed by atoms with Crippen molar-refractivity contribution < 1.29 is 4.74 Å². The van der Waals surface area contributed by atoms with Crippen LogP contribution in [0.1, 0.15) is 37.3 Å². The first-order chi connectivity index (χ1) is 14.5. The van der Waals surface area contributed by atoms with Crippen LogP contribution in [0.5, 0.6) is 5.75 Å². The van der Waals surface area contributed by atoms with E-state index in [0.29, 0.717) is 18.0 Å². The van der Waals surface area contributed by atoms with Crippen molar-refractivity contribution in [1.82, 2.24) is 14.8 Å². The van der Waals surface area contributed by atoms with Gasteiger partial charge >= 0.3 is 0 Å². The zero-order chi connectivity index (χ0) is 21.1. The van der Waals surface area contributed by atoms with E-state index < -0.39 is 0 Å². The second-order valence-electron chi connectivity index (χ2n) is 7.84. The van der Waals surface area contributed by atoms with Crippen LogP contribution in [0.2, 0.25) is 5.02 Å². The van der Waals surface area contributed by atoms with E-state index in [1.807, 2.05) is 24.3 Å². The van der Waals surface area contributed by atoms with Gasteiger partial charge in [0.2, 0.25) is 0 Å². The summed E-state index contributed by atoms with van der Waals surface area (Å²) in [4.78, 5) is 16.8. The van der Waals surface area contributed by atoms with Gasteiger partial charge in [0.05, 0.1) is 25.0 Å². The third-order valence-corrected chi connectivity index (χ3v) is 6.39. The summed E-state index contributed by atoms with van der Waals surface area (Å²) in [5.74, 6) is 0.652. The Hall–Kier alpha value is -2.70. The molecule has 2 N–H and O–H groups in total. The fourth-order valence-electron chi connectivity index (χ4n) is 4.34. The molecule has 2 aromatic heterocycles. The number of pyridine rings is 1. The monoisotopic (exact) mass is 424 g/mol. The topological polar surface area (TPSA) is 83.0 Å². The van der Waals surface area contributed by atoms with Gasteiger partial charge < -0.3 is 10.5 Å². The number of nitrogens with two attached hydrogens (primary N) is 1. The molecule has 0 radical (unpaired) electrons. The summed E-state index contributed by atoms with van der Waals surface area (Å²) in [7, 11) is 1.60. The van der Waals surface area contributed by atoms with Gasteiger partial charge in [0.15, 0.2) is 0 Å². The van der Waals surface area contributed by atoms with Gasteiger partial charge in [-0.3, -0.25) is 9.78 Å². The Morgan fingerprint density at radius 2 is 2.00 bits per heavy atom. The maximum absolute atomic E-state index is 12.6. The lowest BCUT2D eigenvalue weighted by atomic mass is 9.68. The molecule has 0 amide bonds. The fourth-order valence-corrected chi connectivity index (χ4v) is 4.53. The van der Waals surface area contributed by atoms with E-state index in [-0.39, 0.29) is 17.0 Å². The molecule has 1 fully saturated rings. The smallest absolute Gasteiger partial charge is 0.267 e. The van der Waals surface area contributed by atoms with E-state index in [2.05, 4.69) is 16.1 Å². The normalized spacial score (nSPS) is 21.4. The van der Waals surface area contributed by atoms with Crippen molar-refractivity contribution in [1.29, 1.82) is 0 Å². The average Bonchev–Trinajstić information content (AvgIpc) is 2.79. The minimum Gasteiger partial charge on any atom is -0.495 e. The summed E-state index contributed by atoms with van der Waals surface area (Å²) in [6, 6.07) is 13.2. The molecule has 0 bridgehead atoms. The lowest BCUT2D eigenvalue weighted by Crippen LogP contribution is -2.41.